The molecule has 0 spiro atoms. The maximum atomic E-state index is 11.4. The predicted octanol–water partition coefficient (Wildman–Crippen LogP) is 1.79. The summed E-state index contributed by atoms with van der Waals surface area (Å²) in [5.74, 6) is 1.51. The first kappa shape index (κ1) is 14.1. The first-order chi connectivity index (χ1) is 9.20. The molecule has 19 heavy (non-hydrogen) atoms. The van der Waals surface area contributed by atoms with Crippen LogP contribution < -0.4 is 20.1 Å². The molecule has 1 heterocycles. The molecule has 0 atom stereocenters. The number of carbonyl (C=O) groups excluding carboxylic acids is 1. The maximum Gasteiger partial charge on any atom is 0.233 e. The number of fused-ring (bicyclic) bond motifs is 1. The average molecular weight is 329 g/mol. The first-order valence-corrected chi connectivity index (χ1v) is 7.05. The van der Waals surface area contributed by atoms with E-state index in [0.717, 1.165) is 28.0 Å². The molecule has 0 saturated carbocycles. The molecule has 0 saturated heterocycles. The molecule has 1 aromatic carbocycles. The lowest BCUT2D eigenvalue weighted by Gasteiger charge is -2.08. The number of hydrogen-bond donors (Lipinski definition) is 2. The van der Waals surface area contributed by atoms with Gasteiger partial charge in [0.15, 0.2) is 11.5 Å². The molecule has 0 radical (unpaired) electrons. The van der Waals surface area contributed by atoms with Gasteiger partial charge in [0.1, 0.15) is 0 Å². The standard InChI is InChI=1S/C13H17BrN2O3/c1-2-3-16-13(17)7-15-6-9-4-11-12(5-10(9)14)19-8-18-11/h4-5,15H,2-3,6-8H2,1H3,(H,16,17). The second-order valence-electron chi connectivity index (χ2n) is 4.25. The highest BCUT2D eigenvalue weighted by molar-refractivity contribution is 9.10. The molecule has 0 unspecified atom stereocenters. The van der Waals surface area contributed by atoms with Crippen molar-refractivity contribution < 1.29 is 14.3 Å². The van der Waals surface area contributed by atoms with Gasteiger partial charge in [-0.05, 0) is 24.1 Å². The maximum absolute atomic E-state index is 11.4. The summed E-state index contributed by atoms with van der Waals surface area (Å²) in [4.78, 5) is 11.4. The highest BCUT2D eigenvalue weighted by Gasteiger charge is 2.16. The van der Waals surface area contributed by atoms with Crippen molar-refractivity contribution >= 4 is 21.8 Å². The number of ether oxygens (including phenoxy) is 2. The Morgan fingerprint density at radius 1 is 1.37 bits per heavy atom. The SMILES string of the molecule is CCCNC(=O)CNCc1cc2c(cc1Br)OCO2. The minimum Gasteiger partial charge on any atom is -0.454 e. The van der Waals surface area contributed by atoms with Crippen molar-refractivity contribution in [2.75, 3.05) is 19.9 Å². The Balaban J connectivity index is 1.85. The van der Waals surface area contributed by atoms with E-state index in [9.17, 15) is 4.79 Å². The molecular weight excluding hydrogens is 312 g/mol. The first-order valence-electron chi connectivity index (χ1n) is 6.26. The van der Waals surface area contributed by atoms with E-state index >= 15 is 0 Å². The van der Waals surface area contributed by atoms with E-state index in [1.54, 1.807) is 0 Å². The van der Waals surface area contributed by atoms with E-state index in [1.807, 2.05) is 19.1 Å². The molecular formula is C13H17BrN2O3. The number of carbonyl (C=O) groups is 1. The van der Waals surface area contributed by atoms with Crippen LogP contribution in [0.3, 0.4) is 0 Å². The lowest BCUT2D eigenvalue weighted by Crippen LogP contribution is -2.33. The van der Waals surface area contributed by atoms with Gasteiger partial charge in [0.05, 0.1) is 6.54 Å². The van der Waals surface area contributed by atoms with Gasteiger partial charge < -0.3 is 20.1 Å². The number of nitrogens with one attached hydrogen (secondary N) is 2. The van der Waals surface area contributed by atoms with Crippen LogP contribution in [0.2, 0.25) is 0 Å². The van der Waals surface area contributed by atoms with Gasteiger partial charge in [-0.1, -0.05) is 22.9 Å². The molecule has 1 aliphatic heterocycles. The summed E-state index contributed by atoms with van der Waals surface area (Å²) >= 11 is 3.48. The smallest absolute Gasteiger partial charge is 0.233 e. The summed E-state index contributed by atoms with van der Waals surface area (Å²) in [6.07, 6.45) is 0.944. The number of hydrogen-bond acceptors (Lipinski definition) is 4. The van der Waals surface area contributed by atoms with Crippen molar-refractivity contribution in [3.63, 3.8) is 0 Å². The zero-order valence-corrected chi connectivity index (χ0v) is 12.4. The van der Waals surface area contributed by atoms with Crippen molar-refractivity contribution in [1.29, 1.82) is 0 Å². The van der Waals surface area contributed by atoms with Crippen LogP contribution in [-0.2, 0) is 11.3 Å². The van der Waals surface area contributed by atoms with Gasteiger partial charge in [-0.25, -0.2) is 0 Å². The van der Waals surface area contributed by atoms with E-state index in [1.165, 1.54) is 0 Å². The molecule has 2 N–H and O–H groups in total. The number of halogens is 1. The third kappa shape index (κ3) is 3.84. The van der Waals surface area contributed by atoms with E-state index in [2.05, 4.69) is 26.6 Å². The highest BCUT2D eigenvalue weighted by atomic mass is 79.9. The van der Waals surface area contributed by atoms with Crippen molar-refractivity contribution in [1.82, 2.24) is 10.6 Å². The molecule has 0 fully saturated rings. The minimum atomic E-state index is 0.0127. The predicted molar refractivity (Wildman–Crippen MR) is 75.3 cm³/mol. The topological polar surface area (TPSA) is 59.6 Å². The van der Waals surface area contributed by atoms with Crippen molar-refractivity contribution in [3.8, 4) is 11.5 Å². The minimum absolute atomic E-state index is 0.0127. The quantitative estimate of drug-likeness (QED) is 0.835. The molecule has 104 valence electrons. The van der Waals surface area contributed by atoms with Gasteiger partial charge in [0.25, 0.3) is 0 Å². The summed E-state index contributed by atoms with van der Waals surface area (Å²) in [5.41, 5.74) is 1.03. The fourth-order valence-electron chi connectivity index (χ4n) is 1.73. The summed E-state index contributed by atoms with van der Waals surface area (Å²) in [5, 5.41) is 5.92. The monoisotopic (exact) mass is 328 g/mol. The molecule has 0 bridgehead atoms. The third-order valence-corrected chi connectivity index (χ3v) is 3.45. The van der Waals surface area contributed by atoms with Crippen LogP contribution in [0.25, 0.3) is 0 Å². The van der Waals surface area contributed by atoms with E-state index in [0.29, 0.717) is 19.6 Å². The molecule has 6 heteroatoms. The fourth-order valence-corrected chi connectivity index (χ4v) is 2.19. The van der Waals surface area contributed by atoms with Gasteiger partial charge in [0.2, 0.25) is 12.7 Å². The van der Waals surface area contributed by atoms with E-state index in [-0.39, 0.29) is 12.7 Å². The Morgan fingerprint density at radius 3 is 2.84 bits per heavy atom. The summed E-state index contributed by atoms with van der Waals surface area (Å²) in [6, 6.07) is 3.81. The van der Waals surface area contributed by atoms with Gasteiger partial charge in [0, 0.05) is 17.6 Å². The van der Waals surface area contributed by atoms with Crippen LogP contribution in [0.5, 0.6) is 11.5 Å². The average Bonchev–Trinajstić information content (AvgIpc) is 2.83. The fraction of sp³-hybridized carbons (Fsp3) is 0.462. The molecule has 0 aromatic heterocycles. The Labute approximate surface area is 120 Å². The second kappa shape index (κ2) is 6.77. The summed E-state index contributed by atoms with van der Waals surface area (Å²) in [7, 11) is 0. The highest BCUT2D eigenvalue weighted by Crippen LogP contribution is 2.36. The lowest BCUT2D eigenvalue weighted by molar-refractivity contribution is -0.120. The van der Waals surface area contributed by atoms with Crippen LogP contribution in [0.1, 0.15) is 18.9 Å². The third-order valence-electron chi connectivity index (χ3n) is 2.71. The van der Waals surface area contributed by atoms with Gasteiger partial charge in [-0.3, -0.25) is 4.79 Å². The van der Waals surface area contributed by atoms with Crippen molar-refractivity contribution in [2.24, 2.45) is 0 Å². The zero-order chi connectivity index (χ0) is 13.7. The largest absolute Gasteiger partial charge is 0.454 e. The molecule has 1 amide bonds. The van der Waals surface area contributed by atoms with Crippen LogP contribution >= 0.6 is 15.9 Å². The Kier molecular flexibility index (Phi) is 5.04. The second-order valence-corrected chi connectivity index (χ2v) is 5.10. The van der Waals surface area contributed by atoms with Gasteiger partial charge >= 0.3 is 0 Å². The van der Waals surface area contributed by atoms with E-state index < -0.39 is 0 Å². The van der Waals surface area contributed by atoms with Crippen LogP contribution in [0, 0.1) is 0 Å². The summed E-state index contributed by atoms with van der Waals surface area (Å²) in [6.45, 7) is 3.90. The van der Waals surface area contributed by atoms with Crippen molar-refractivity contribution in [2.45, 2.75) is 19.9 Å². The Morgan fingerprint density at radius 2 is 2.11 bits per heavy atom. The molecule has 1 aliphatic rings. The Bertz CT molecular complexity index is 465. The lowest BCUT2D eigenvalue weighted by atomic mass is 10.2. The van der Waals surface area contributed by atoms with Gasteiger partial charge in [-0.15, -0.1) is 0 Å². The number of amides is 1. The van der Waals surface area contributed by atoms with Gasteiger partial charge in [-0.2, -0.15) is 0 Å². The summed E-state index contributed by atoms with van der Waals surface area (Å²) < 4.78 is 11.6. The zero-order valence-electron chi connectivity index (χ0n) is 10.8. The number of rotatable bonds is 6. The molecule has 0 aliphatic carbocycles. The molecule has 2 rings (SSSR count). The Hall–Kier alpha value is -1.27. The van der Waals surface area contributed by atoms with Crippen LogP contribution in [0.4, 0.5) is 0 Å². The van der Waals surface area contributed by atoms with Crippen LogP contribution in [0.15, 0.2) is 16.6 Å². The molecule has 1 aromatic rings. The van der Waals surface area contributed by atoms with Crippen molar-refractivity contribution in [3.05, 3.63) is 22.2 Å². The van der Waals surface area contributed by atoms with Crippen LogP contribution in [-0.4, -0.2) is 25.8 Å². The van der Waals surface area contributed by atoms with E-state index in [4.69, 9.17) is 9.47 Å². The normalized spacial score (nSPS) is 12.5. The number of benzene rings is 1. The molecule has 5 nitrogen and oxygen atoms in total.